The Labute approximate surface area is 134 Å². The summed E-state index contributed by atoms with van der Waals surface area (Å²) in [7, 11) is -1.72. The molecule has 20 heavy (non-hydrogen) atoms. The average molecular weight is 357 g/mol. The fraction of sp³-hybridized carbons (Fsp3) is 0.647. The van der Waals surface area contributed by atoms with E-state index in [2.05, 4.69) is 81.0 Å². The molecule has 0 fully saturated rings. The van der Waals surface area contributed by atoms with E-state index in [0.717, 1.165) is 5.75 Å². The van der Waals surface area contributed by atoms with Crippen molar-refractivity contribution in [2.45, 2.75) is 69.9 Å². The third-order valence-corrected chi connectivity index (χ3v) is 9.58. The van der Waals surface area contributed by atoms with Gasteiger partial charge >= 0.3 is 0 Å². The van der Waals surface area contributed by atoms with Crippen LogP contribution in [0.5, 0.6) is 5.75 Å². The van der Waals surface area contributed by atoms with Gasteiger partial charge in [-0.2, -0.15) is 0 Å². The Balaban J connectivity index is 2.72. The average Bonchev–Trinajstić information content (AvgIpc) is 2.35. The molecule has 0 radical (unpaired) electrons. The number of hydrogen-bond acceptors (Lipinski definition) is 1. The lowest BCUT2D eigenvalue weighted by Crippen LogP contribution is -2.43. The molecule has 0 N–H and O–H groups in total. The van der Waals surface area contributed by atoms with Crippen LogP contribution in [0.1, 0.15) is 57.3 Å². The summed E-state index contributed by atoms with van der Waals surface area (Å²) >= 11 is 3.77. The lowest BCUT2D eigenvalue weighted by atomic mass is 10.1. The summed E-state index contributed by atoms with van der Waals surface area (Å²) in [5, 5.41) is 0.241. The summed E-state index contributed by atoms with van der Waals surface area (Å²) < 4.78 is 6.31. The van der Waals surface area contributed by atoms with Gasteiger partial charge in [-0.15, -0.1) is 0 Å². The lowest BCUT2D eigenvalue weighted by Gasteiger charge is -2.36. The van der Waals surface area contributed by atoms with Crippen LogP contribution in [-0.2, 0) is 0 Å². The highest BCUT2D eigenvalue weighted by Gasteiger charge is 2.38. The van der Waals surface area contributed by atoms with Crippen LogP contribution >= 0.6 is 15.9 Å². The highest BCUT2D eigenvalue weighted by atomic mass is 79.9. The molecule has 0 aromatic heterocycles. The van der Waals surface area contributed by atoms with Crippen molar-refractivity contribution in [2.75, 3.05) is 0 Å². The van der Waals surface area contributed by atoms with Crippen molar-refractivity contribution in [3.05, 3.63) is 29.8 Å². The molecule has 1 nitrogen and oxygen atoms in total. The molecule has 0 saturated heterocycles. The summed E-state index contributed by atoms with van der Waals surface area (Å²) in [4.78, 5) is 0.462. The van der Waals surface area contributed by atoms with E-state index in [0.29, 0.717) is 4.83 Å². The Kier molecular flexibility index (Phi) is 6.33. The van der Waals surface area contributed by atoms with Gasteiger partial charge in [-0.1, -0.05) is 68.6 Å². The van der Waals surface area contributed by atoms with Crippen LogP contribution < -0.4 is 4.43 Å². The molecule has 0 aliphatic rings. The molecule has 1 atom stereocenters. The maximum atomic E-state index is 6.31. The molecule has 114 valence electrons. The summed E-state index contributed by atoms with van der Waals surface area (Å²) in [6, 6.07) is 8.63. The molecule has 0 saturated carbocycles. The van der Waals surface area contributed by atoms with E-state index in [1.54, 1.807) is 0 Å². The van der Waals surface area contributed by atoms with Crippen molar-refractivity contribution in [1.29, 1.82) is 0 Å². The van der Waals surface area contributed by atoms with E-state index in [9.17, 15) is 0 Å². The van der Waals surface area contributed by atoms with Crippen LogP contribution in [0.2, 0.25) is 18.1 Å². The number of unbranched alkanes of at least 4 members (excludes halogenated alkanes) is 1. The molecule has 3 heteroatoms. The van der Waals surface area contributed by atoms with E-state index in [1.807, 2.05) is 0 Å². The van der Waals surface area contributed by atoms with Gasteiger partial charge in [-0.05, 0) is 42.2 Å². The van der Waals surface area contributed by atoms with Gasteiger partial charge in [-0.25, -0.2) is 0 Å². The third kappa shape index (κ3) is 4.92. The van der Waals surface area contributed by atoms with Crippen molar-refractivity contribution >= 4 is 24.2 Å². The van der Waals surface area contributed by atoms with Gasteiger partial charge in [-0.3, -0.25) is 0 Å². The second kappa shape index (κ2) is 7.12. The van der Waals surface area contributed by atoms with Gasteiger partial charge in [0.15, 0.2) is 0 Å². The molecule has 0 heterocycles. The predicted octanol–water partition coefficient (Wildman–Crippen LogP) is 6.70. The Morgan fingerprint density at radius 2 is 1.70 bits per heavy atom. The molecular formula is C17H29BrOSi. The molecule has 1 unspecified atom stereocenters. The molecule has 0 aliphatic heterocycles. The SMILES string of the molecule is CCCCC(Br)c1ccc(O[Si](C)(C)C(C)(C)C)cc1. The predicted molar refractivity (Wildman–Crippen MR) is 95.5 cm³/mol. The van der Waals surface area contributed by atoms with E-state index in [4.69, 9.17) is 4.43 Å². The number of rotatable bonds is 6. The Hall–Kier alpha value is -0.283. The van der Waals surface area contributed by atoms with E-state index in [-0.39, 0.29) is 5.04 Å². The molecule has 1 rings (SSSR count). The minimum Gasteiger partial charge on any atom is -0.544 e. The first-order valence-corrected chi connectivity index (χ1v) is 11.4. The molecule has 0 bridgehead atoms. The van der Waals surface area contributed by atoms with E-state index >= 15 is 0 Å². The van der Waals surface area contributed by atoms with Crippen LogP contribution in [0.4, 0.5) is 0 Å². The topological polar surface area (TPSA) is 9.23 Å². The second-order valence-corrected chi connectivity index (χ2v) is 12.9. The van der Waals surface area contributed by atoms with Crippen molar-refractivity contribution in [3.8, 4) is 5.75 Å². The second-order valence-electron chi connectivity index (χ2n) is 7.04. The fourth-order valence-electron chi connectivity index (χ4n) is 1.74. The van der Waals surface area contributed by atoms with Crippen LogP contribution in [0.3, 0.4) is 0 Å². The molecule has 1 aromatic rings. The number of hydrogen-bond donors (Lipinski definition) is 0. The first-order valence-electron chi connectivity index (χ1n) is 7.60. The first-order chi connectivity index (χ1) is 9.17. The minimum atomic E-state index is -1.72. The van der Waals surface area contributed by atoms with Crippen LogP contribution in [0.25, 0.3) is 0 Å². The van der Waals surface area contributed by atoms with Gasteiger partial charge in [0, 0.05) is 4.83 Å². The quantitative estimate of drug-likeness (QED) is 0.407. The molecule has 1 aromatic carbocycles. The van der Waals surface area contributed by atoms with Gasteiger partial charge < -0.3 is 4.43 Å². The van der Waals surface area contributed by atoms with Crippen LogP contribution in [-0.4, -0.2) is 8.32 Å². The van der Waals surface area contributed by atoms with Crippen LogP contribution in [0.15, 0.2) is 24.3 Å². The molecule has 0 aliphatic carbocycles. The zero-order chi connectivity index (χ0) is 15.4. The summed E-state index contributed by atoms with van der Waals surface area (Å²) in [5.74, 6) is 1.01. The van der Waals surface area contributed by atoms with Crippen LogP contribution in [0, 0.1) is 0 Å². The Bertz CT molecular complexity index is 406. The van der Waals surface area contributed by atoms with Gasteiger partial charge in [0.2, 0.25) is 8.32 Å². The third-order valence-electron chi connectivity index (χ3n) is 4.23. The zero-order valence-electron chi connectivity index (χ0n) is 13.8. The standard InChI is InChI=1S/C17H29BrOSi/c1-7-8-9-16(18)14-10-12-15(13-11-14)19-20(5,6)17(2,3)4/h10-13,16H,7-9H2,1-6H3. The monoisotopic (exact) mass is 356 g/mol. The first kappa shape index (κ1) is 17.8. The van der Waals surface area contributed by atoms with Gasteiger partial charge in [0.1, 0.15) is 5.75 Å². The summed E-state index contributed by atoms with van der Waals surface area (Å²) in [6.07, 6.45) is 3.70. The summed E-state index contributed by atoms with van der Waals surface area (Å²) in [5.41, 5.74) is 1.35. The van der Waals surface area contributed by atoms with Crippen molar-refractivity contribution in [1.82, 2.24) is 0 Å². The number of benzene rings is 1. The van der Waals surface area contributed by atoms with Crippen molar-refractivity contribution in [3.63, 3.8) is 0 Å². The molecule has 0 spiro atoms. The maximum Gasteiger partial charge on any atom is 0.250 e. The number of halogens is 1. The van der Waals surface area contributed by atoms with E-state index < -0.39 is 8.32 Å². The van der Waals surface area contributed by atoms with Gasteiger partial charge in [0.25, 0.3) is 0 Å². The van der Waals surface area contributed by atoms with Crippen molar-refractivity contribution < 1.29 is 4.43 Å². The minimum absolute atomic E-state index is 0.241. The Morgan fingerprint density at radius 3 is 2.15 bits per heavy atom. The highest BCUT2D eigenvalue weighted by molar-refractivity contribution is 9.09. The normalized spacial score (nSPS) is 14.2. The Morgan fingerprint density at radius 1 is 1.15 bits per heavy atom. The van der Waals surface area contributed by atoms with Gasteiger partial charge in [0.05, 0.1) is 0 Å². The zero-order valence-corrected chi connectivity index (χ0v) is 16.4. The smallest absolute Gasteiger partial charge is 0.250 e. The fourth-order valence-corrected chi connectivity index (χ4v) is 3.40. The molecule has 0 amide bonds. The maximum absolute atomic E-state index is 6.31. The number of alkyl halides is 1. The largest absolute Gasteiger partial charge is 0.544 e. The van der Waals surface area contributed by atoms with E-state index in [1.165, 1.54) is 24.8 Å². The highest BCUT2D eigenvalue weighted by Crippen LogP contribution is 2.38. The molecular weight excluding hydrogens is 328 g/mol. The summed E-state index contributed by atoms with van der Waals surface area (Å²) in [6.45, 7) is 13.6. The lowest BCUT2D eigenvalue weighted by molar-refractivity contribution is 0.492. The van der Waals surface area contributed by atoms with Crippen molar-refractivity contribution in [2.24, 2.45) is 0 Å².